The number of nitrogens with zero attached hydrogens (tertiary/aromatic N) is 1. The Balaban J connectivity index is 0.00000312. The summed E-state index contributed by atoms with van der Waals surface area (Å²) in [4.78, 5) is 14.2. The largest absolute Gasteiger partial charge is 0.493 e. The number of rotatable bonds is 8. The Bertz CT molecular complexity index is 665. The van der Waals surface area contributed by atoms with E-state index in [1.807, 2.05) is 55.5 Å². The van der Waals surface area contributed by atoms with Crippen molar-refractivity contribution in [3.8, 4) is 11.5 Å². The fourth-order valence-corrected chi connectivity index (χ4v) is 2.42. The van der Waals surface area contributed by atoms with Crippen molar-refractivity contribution in [1.82, 2.24) is 4.90 Å². The van der Waals surface area contributed by atoms with E-state index in [9.17, 15) is 4.79 Å². The number of para-hydroxylation sites is 1. The highest BCUT2D eigenvalue weighted by molar-refractivity contribution is 5.85. The molecule has 2 aromatic rings. The zero-order valence-corrected chi connectivity index (χ0v) is 15.6. The van der Waals surface area contributed by atoms with Crippen LogP contribution in [-0.2, 0) is 11.3 Å². The highest BCUT2D eigenvalue weighted by Gasteiger charge is 2.13. The molecule has 1 N–H and O–H groups in total. The van der Waals surface area contributed by atoms with Crippen LogP contribution in [0.2, 0.25) is 0 Å². The second-order valence-electron chi connectivity index (χ2n) is 5.32. The second kappa shape index (κ2) is 10.5. The number of methoxy groups -OCH3 is 2. The Morgan fingerprint density at radius 1 is 1.04 bits per heavy atom. The monoisotopic (exact) mass is 364 g/mol. The number of benzene rings is 2. The smallest absolute Gasteiger partial charge is 0.242 e. The number of carbonyl (C=O) groups excluding carboxylic acids is 1. The molecule has 0 bridgehead atoms. The van der Waals surface area contributed by atoms with Gasteiger partial charge in [0, 0.05) is 18.8 Å². The van der Waals surface area contributed by atoms with Crippen LogP contribution in [0.5, 0.6) is 11.5 Å². The maximum atomic E-state index is 12.4. The van der Waals surface area contributed by atoms with Gasteiger partial charge < -0.3 is 19.7 Å². The third-order valence-electron chi connectivity index (χ3n) is 3.77. The van der Waals surface area contributed by atoms with Gasteiger partial charge in [-0.3, -0.25) is 4.79 Å². The standard InChI is InChI=1S/C19H24N2O3.ClH/c1-4-21(19(22)13-20-16-8-6-5-7-9-16)14-15-10-11-17(23-2)18(12-15)24-3;/h5-12,20H,4,13-14H2,1-3H3;1H. The summed E-state index contributed by atoms with van der Waals surface area (Å²) in [6.07, 6.45) is 0. The third kappa shape index (κ3) is 5.87. The highest BCUT2D eigenvalue weighted by Crippen LogP contribution is 2.28. The zero-order chi connectivity index (χ0) is 17.4. The van der Waals surface area contributed by atoms with Gasteiger partial charge in [-0.15, -0.1) is 12.4 Å². The lowest BCUT2D eigenvalue weighted by atomic mass is 10.2. The van der Waals surface area contributed by atoms with E-state index < -0.39 is 0 Å². The fraction of sp³-hybridized carbons (Fsp3) is 0.316. The van der Waals surface area contributed by atoms with Crippen LogP contribution >= 0.6 is 12.4 Å². The number of halogens is 1. The van der Waals surface area contributed by atoms with Gasteiger partial charge in [-0.05, 0) is 36.8 Å². The fourth-order valence-electron chi connectivity index (χ4n) is 2.42. The Hall–Kier alpha value is -2.40. The van der Waals surface area contributed by atoms with E-state index in [0.717, 1.165) is 11.3 Å². The second-order valence-corrected chi connectivity index (χ2v) is 5.32. The molecule has 0 atom stereocenters. The van der Waals surface area contributed by atoms with Crippen LogP contribution in [-0.4, -0.2) is 38.1 Å². The van der Waals surface area contributed by atoms with Gasteiger partial charge in [0.15, 0.2) is 11.5 Å². The maximum Gasteiger partial charge on any atom is 0.242 e. The van der Waals surface area contributed by atoms with Crippen molar-refractivity contribution >= 4 is 24.0 Å². The van der Waals surface area contributed by atoms with Crippen LogP contribution < -0.4 is 14.8 Å². The van der Waals surface area contributed by atoms with E-state index in [1.54, 1.807) is 19.1 Å². The molecule has 0 saturated heterocycles. The molecular formula is C19H25ClN2O3. The quantitative estimate of drug-likeness (QED) is 0.777. The Morgan fingerprint density at radius 3 is 2.32 bits per heavy atom. The first kappa shape index (κ1) is 20.6. The molecule has 6 heteroatoms. The number of carbonyl (C=O) groups is 1. The molecule has 25 heavy (non-hydrogen) atoms. The van der Waals surface area contributed by atoms with E-state index in [2.05, 4.69) is 5.32 Å². The van der Waals surface area contributed by atoms with Crippen LogP contribution in [0.1, 0.15) is 12.5 Å². The lowest BCUT2D eigenvalue weighted by Crippen LogP contribution is -2.34. The molecule has 5 nitrogen and oxygen atoms in total. The van der Waals surface area contributed by atoms with E-state index in [-0.39, 0.29) is 24.9 Å². The minimum Gasteiger partial charge on any atom is -0.493 e. The molecule has 0 fully saturated rings. The van der Waals surface area contributed by atoms with Gasteiger partial charge in [-0.25, -0.2) is 0 Å². The average Bonchev–Trinajstić information content (AvgIpc) is 2.64. The minimum atomic E-state index is 0. The summed E-state index contributed by atoms with van der Waals surface area (Å²) in [6.45, 7) is 3.42. The lowest BCUT2D eigenvalue weighted by Gasteiger charge is -2.22. The summed E-state index contributed by atoms with van der Waals surface area (Å²) in [5.41, 5.74) is 1.94. The molecule has 0 aliphatic rings. The molecule has 0 aliphatic carbocycles. The molecule has 2 rings (SSSR count). The van der Waals surface area contributed by atoms with Crippen LogP contribution in [0.4, 0.5) is 5.69 Å². The van der Waals surface area contributed by atoms with E-state index in [4.69, 9.17) is 9.47 Å². The third-order valence-corrected chi connectivity index (χ3v) is 3.77. The van der Waals surface area contributed by atoms with Crippen LogP contribution in [0.15, 0.2) is 48.5 Å². The van der Waals surface area contributed by atoms with E-state index in [1.165, 1.54) is 0 Å². The number of ether oxygens (including phenoxy) is 2. The topological polar surface area (TPSA) is 50.8 Å². The van der Waals surface area contributed by atoms with Gasteiger partial charge >= 0.3 is 0 Å². The van der Waals surface area contributed by atoms with Crippen LogP contribution in [0.25, 0.3) is 0 Å². The maximum absolute atomic E-state index is 12.4. The predicted molar refractivity (Wildman–Crippen MR) is 103 cm³/mol. The SMILES string of the molecule is CCN(Cc1ccc(OC)c(OC)c1)C(=O)CNc1ccccc1.Cl. The van der Waals surface area contributed by atoms with Gasteiger partial charge in [0.05, 0.1) is 20.8 Å². The first-order valence-corrected chi connectivity index (χ1v) is 7.95. The van der Waals surface area contributed by atoms with Crippen molar-refractivity contribution in [3.05, 3.63) is 54.1 Å². The lowest BCUT2D eigenvalue weighted by molar-refractivity contribution is -0.129. The van der Waals surface area contributed by atoms with Crippen molar-refractivity contribution in [1.29, 1.82) is 0 Å². The number of amides is 1. The molecule has 2 aromatic carbocycles. The highest BCUT2D eigenvalue weighted by atomic mass is 35.5. The molecule has 0 heterocycles. The zero-order valence-electron chi connectivity index (χ0n) is 14.8. The van der Waals surface area contributed by atoms with Gasteiger partial charge in [-0.1, -0.05) is 24.3 Å². The molecule has 0 aromatic heterocycles. The first-order valence-electron chi connectivity index (χ1n) is 7.95. The molecule has 0 saturated carbocycles. The summed E-state index contributed by atoms with van der Waals surface area (Å²) >= 11 is 0. The summed E-state index contributed by atoms with van der Waals surface area (Å²) in [5.74, 6) is 1.40. The van der Waals surface area contributed by atoms with Crippen molar-refractivity contribution in [2.45, 2.75) is 13.5 Å². The molecule has 0 aliphatic heterocycles. The van der Waals surface area contributed by atoms with E-state index in [0.29, 0.717) is 24.6 Å². The van der Waals surface area contributed by atoms with Crippen molar-refractivity contribution in [3.63, 3.8) is 0 Å². The number of hydrogen-bond donors (Lipinski definition) is 1. The first-order chi connectivity index (χ1) is 11.7. The number of anilines is 1. The van der Waals surface area contributed by atoms with E-state index >= 15 is 0 Å². The van der Waals surface area contributed by atoms with Gasteiger partial charge in [0.2, 0.25) is 5.91 Å². The summed E-state index contributed by atoms with van der Waals surface area (Å²) in [5, 5.41) is 3.15. The summed E-state index contributed by atoms with van der Waals surface area (Å²) in [7, 11) is 3.21. The molecule has 1 amide bonds. The minimum absolute atomic E-state index is 0. The number of likely N-dealkylation sites (N-methyl/N-ethyl adjacent to an activating group) is 1. The van der Waals surface area contributed by atoms with Gasteiger partial charge in [-0.2, -0.15) is 0 Å². The molecule has 136 valence electrons. The number of hydrogen-bond acceptors (Lipinski definition) is 4. The van der Waals surface area contributed by atoms with Crippen molar-refractivity contribution in [2.24, 2.45) is 0 Å². The molecule has 0 radical (unpaired) electrons. The van der Waals surface area contributed by atoms with Gasteiger partial charge in [0.1, 0.15) is 0 Å². The molecule has 0 unspecified atom stereocenters. The molecule has 0 spiro atoms. The number of nitrogens with one attached hydrogen (secondary N) is 1. The van der Waals surface area contributed by atoms with Crippen LogP contribution in [0, 0.1) is 0 Å². The summed E-state index contributed by atoms with van der Waals surface area (Å²) in [6, 6.07) is 15.4. The van der Waals surface area contributed by atoms with Crippen LogP contribution in [0.3, 0.4) is 0 Å². The molecular weight excluding hydrogens is 340 g/mol. The Kier molecular flexibility index (Phi) is 8.64. The normalized spacial score (nSPS) is 9.72. The van der Waals surface area contributed by atoms with Gasteiger partial charge in [0.25, 0.3) is 0 Å². The average molecular weight is 365 g/mol. The van der Waals surface area contributed by atoms with Crippen molar-refractivity contribution in [2.75, 3.05) is 32.6 Å². The predicted octanol–water partition coefficient (Wildman–Crippen LogP) is 3.59. The van der Waals surface area contributed by atoms with Crippen molar-refractivity contribution < 1.29 is 14.3 Å². The Labute approximate surface area is 155 Å². The Morgan fingerprint density at radius 2 is 1.72 bits per heavy atom. The summed E-state index contributed by atoms with van der Waals surface area (Å²) < 4.78 is 10.6.